The molecular formula is C13H18N2S. The molecule has 0 spiro atoms. The van der Waals surface area contributed by atoms with E-state index in [0.29, 0.717) is 10.7 Å². The molecule has 0 saturated heterocycles. The third kappa shape index (κ3) is 3.07. The number of imidazole rings is 1. The molecule has 0 aliphatic heterocycles. The summed E-state index contributed by atoms with van der Waals surface area (Å²) in [6.45, 7) is 6.16. The molecule has 1 aromatic carbocycles. The van der Waals surface area contributed by atoms with E-state index in [-0.39, 0.29) is 0 Å². The summed E-state index contributed by atoms with van der Waals surface area (Å²) >= 11 is 4.99. The first kappa shape index (κ1) is 12.7. The largest absolute Gasteiger partial charge is 0.337 e. The van der Waals surface area contributed by atoms with Crippen molar-refractivity contribution in [3.63, 3.8) is 0 Å². The number of rotatable bonds is 2. The molecule has 86 valence electrons. The van der Waals surface area contributed by atoms with Crippen molar-refractivity contribution < 1.29 is 0 Å². The lowest BCUT2D eigenvalue weighted by atomic mass is 9.99. The third-order valence-corrected chi connectivity index (χ3v) is 2.60. The van der Waals surface area contributed by atoms with Crippen LogP contribution in [0.3, 0.4) is 0 Å². The summed E-state index contributed by atoms with van der Waals surface area (Å²) in [5, 5.41) is 0. The van der Waals surface area contributed by atoms with Crippen LogP contribution in [0.5, 0.6) is 0 Å². The van der Waals surface area contributed by atoms with Gasteiger partial charge in [0.25, 0.3) is 0 Å². The van der Waals surface area contributed by atoms with Crippen LogP contribution in [-0.4, -0.2) is 9.97 Å². The van der Waals surface area contributed by atoms with Crippen LogP contribution in [0, 0.1) is 4.77 Å². The summed E-state index contributed by atoms with van der Waals surface area (Å²) in [6.07, 6.45) is 1.93. The Labute approximate surface area is 102 Å². The van der Waals surface area contributed by atoms with E-state index >= 15 is 0 Å². The lowest BCUT2D eigenvalue weighted by molar-refractivity contribution is 0.882. The lowest BCUT2D eigenvalue weighted by Crippen LogP contribution is -1.95. The summed E-state index contributed by atoms with van der Waals surface area (Å²) < 4.78 is 0.683. The number of hydrogen-bond acceptors (Lipinski definition) is 1. The number of benzene rings is 1. The van der Waals surface area contributed by atoms with E-state index in [0.717, 1.165) is 5.69 Å². The van der Waals surface area contributed by atoms with E-state index in [9.17, 15) is 0 Å². The predicted molar refractivity (Wildman–Crippen MR) is 71.3 cm³/mol. The van der Waals surface area contributed by atoms with Gasteiger partial charge in [-0.1, -0.05) is 51.1 Å². The first-order valence-corrected chi connectivity index (χ1v) is 6.01. The maximum Gasteiger partial charge on any atom is 0.174 e. The zero-order chi connectivity index (χ0) is 12.0. The van der Waals surface area contributed by atoms with Crippen LogP contribution in [0.15, 0.2) is 36.5 Å². The first-order chi connectivity index (χ1) is 7.77. The second-order valence-electron chi connectivity index (χ2n) is 3.33. The molecule has 16 heavy (non-hydrogen) atoms. The zero-order valence-electron chi connectivity index (χ0n) is 9.95. The van der Waals surface area contributed by atoms with Gasteiger partial charge in [0.05, 0.1) is 0 Å². The highest BCUT2D eigenvalue weighted by Crippen LogP contribution is 2.21. The highest BCUT2D eigenvalue weighted by molar-refractivity contribution is 7.71. The topological polar surface area (TPSA) is 31.6 Å². The van der Waals surface area contributed by atoms with Gasteiger partial charge in [0.1, 0.15) is 0 Å². The van der Waals surface area contributed by atoms with Crippen molar-refractivity contribution in [2.45, 2.75) is 26.7 Å². The maximum atomic E-state index is 4.99. The zero-order valence-corrected chi connectivity index (χ0v) is 10.8. The number of aromatic nitrogens is 2. The highest BCUT2D eigenvalue weighted by atomic mass is 32.1. The summed E-state index contributed by atoms with van der Waals surface area (Å²) in [7, 11) is 0. The molecule has 0 aliphatic carbocycles. The monoisotopic (exact) mass is 234 g/mol. The first-order valence-electron chi connectivity index (χ1n) is 5.60. The van der Waals surface area contributed by atoms with E-state index in [4.69, 9.17) is 12.2 Å². The highest BCUT2D eigenvalue weighted by Gasteiger charge is 2.08. The van der Waals surface area contributed by atoms with Crippen LogP contribution in [0.25, 0.3) is 0 Å². The van der Waals surface area contributed by atoms with Crippen LogP contribution in [-0.2, 0) is 0 Å². The van der Waals surface area contributed by atoms with Gasteiger partial charge < -0.3 is 9.97 Å². The Hall–Kier alpha value is -1.35. The molecule has 0 amide bonds. The Kier molecular flexibility index (Phi) is 4.99. The van der Waals surface area contributed by atoms with Gasteiger partial charge >= 0.3 is 0 Å². The van der Waals surface area contributed by atoms with Crippen LogP contribution in [0.1, 0.15) is 37.9 Å². The van der Waals surface area contributed by atoms with Crippen molar-refractivity contribution in [1.82, 2.24) is 9.97 Å². The van der Waals surface area contributed by atoms with Crippen molar-refractivity contribution in [3.8, 4) is 0 Å². The average molecular weight is 234 g/mol. The van der Waals surface area contributed by atoms with Crippen molar-refractivity contribution in [1.29, 1.82) is 0 Å². The Morgan fingerprint density at radius 3 is 2.25 bits per heavy atom. The molecule has 0 bridgehead atoms. The average Bonchev–Trinajstić information content (AvgIpc) is 2.79. The van der Waals surface area contributed by atoms with Gasteiger partial charge in [0.2, 0.25) is 0 Å². The van der Waals surface area contributed by atoms with Crippen molar-refractivity contribution >= 4 is 12.2 Å². The van der Waals surface area contributed by atoms with Crippen LogP contribution in [0.4, 0.5) is 0 Å². The molecule has 1 heterocycles. The van der Waals surface area contributed by atoms with E-state index < -0.39 is 0 Å². The lowest BCUT2D eigenvalue weighted by Gasteiger charge is -2.08. The molecule has 1 unspecified atom stereocenters. The molecule has 2 rings (SSSR count). The molecule has 1 atom stereocenters. The quantitative estimate of drug-likeness (QED) is 0.748. The van der Waals surface area contributed by atoms with Crippen molar-refractivity contribution in [3.05, 3.63) is 52.6 Å². The second kappa shape index (κ2) is 6.28. The molecule has 1 aromatic heterocycles. The Bertz CT molecular complexity index is 456. The Morgan fingerprint density at radius 1 is 1.12 bits per heavy atom. The number of hydrogen-bond donors (Lipinski definition) is 2. The number of aromatic amines is 2. The SMILES string of the molecule is CC.CC(c1ccccc1)c1c[nH]c(=S)[nH]1. The van der Waals surface area contributed by atoms with Gasteiger partial charge in [-0.25, -0.2) is 0 Å². The summed E-state index contributed by atoms with van der Waals surface area (Å²) in [5.41, 5.74) is 2.42. The van der Waals surface area contributed by atoms with E-state index in [2.05, 4.69) is 29.0 Å². The molecule has 0 aliphatic rings. The van der Waals surface area contributed by atoms with Gasteiger partial charge in [0.15, 0.2) is 4.77 Å². The summed E-state index contributed by atoms with van der Waals surface area (Å²) in [5.74, 6) is 0.351. The van der Waals surface area contributed by atoms with Crippen LogP contribution >= 0.6 is 12.2 Å². The number of H-pyrrole nitrogens is 2. The summed E-state index contributed by atoms with van der Waals surface area (Å²) in [6, 6.07) is 10.4. The Morgan fingerprint density at radius 2 is 1.75 bits per heavy atom. The molecule has 3 heteroatoms. The van der Waals surface area contributed by atoms with Gasteiger partial charge in [-0.3, -0.25) is 0 Å². The van der Waals surface area contributed by atoms with Crippen molar-refractivity contribution in [2.24, 2.45) is 0 Å². The van der Waals surface area contributed by atoms with Crippen LogP contribution < -0.4 is 0 Å². The molecule has 2 nitrogen and oxygen atoms in total. The van der Waals surface area contributed by atoms with Gasteiger partial charge in [-0.2, -0.15) is 0 Å². The van der Waals surface area contributed by atoms with Gasteiger partial charge in [-0.05, 0) is 17.8 Å². The van der Waals surface area contributed by atoms with Crippen LogP contribution in [0.2, 0.25) is 0 Å². The standard InChI is InChI=1S/C11H12N2S.C2H6/c1-8(9-5-3-2-4-6-9)10-7-12-11(14)13-10;1-2/h2-8H,1H3,(H2,12,13,14);1-2H3. The molecular weight excluding hydrogens is 216 g/mol. The molecule has 0 fully saturated rings. The van der Waals surface area contributed by atoms with E-state index in [1.807, 2.05) is 38.2 Å². The van der Waals surface area contributed by atoms with E-state index in [1.54, 1.807) is 0 Å². The smallest absolute Gasteiger partial charge is 0.174 e. The molecule has 0 saturated carbocycles. The maximum absolute atomic E-state index is 4.99. The fraction of sp³-hybridized carbons (Fsp3) is 0.308. The molecule has 2 aromatic rings. The van der Waals surface area contributed by atoms with Gasteiger partial charge in [-0.15, -0.1) is 0 Å². The van der Waals surface area contributed by atoms with Gasteiger partial charge in [0, 0.05) is 17.8 Å². The minimum Gasteiger partial charge on any atom is -0.337 e. The Balaban J connectivity index is 0.000000606. The second-order valence-corrected chi connectivity index (χ2v) is 3.74. The number of nitrogens with one attached hydrogen (secondary N) is 2. The van der Waals surface area contributed by atoms with E-state index in [1.165, 1.54) is 5.56 Å². The third-order valence-electron chi connectivity index (χ3n) is 2.38. The molecule has 0 radical (unpaired) electrons. The fourth-order valence-electron chi connectivity index (χ4n) is 1.50. The fourth-order valence-corrected chi connectivity index (χ4v) is 1.68. The van der Waals surface area contributed by atoms with Crippen molar-refractivity contribution in [2.75, 3.05) is 0 Å². The predicted octanol–water partition coefficient (Wildman–Crippen LogP) is 4.25. The minimum absolute atomic E-state index is 0.351. The normalized spacial score (nSPS) is 11.4. The molecule has 2 N–H and O–H groups in total. The minimum atomic E-state index is 0.351. The summed E-state index contributed by atoms with van der Waals surface area (Å²) in [4.78, 5) is 6.11.